The zero-order chi connectivity index (χ0) is 17.9. The maximum absolute atomic E-state index is 12.1. The van der Waals surface area contributed by atoms with Crippen molar-refractivity contribution in [2.24, 2.45) is 0 Å². The Morgan fingerprint density at radius 1 is 1.21 bits per heavy atom. The van der Waals surface area contributed by atoms with Gasteiger partial charge in [0.15, 0.2) is 5.75 Å². The van der Waals surface area contributed by atoms with Crippen LogP contribution >= 0.6 is 0 Å². The number of carbonyl (C=O) groups is 2. The molecule has 0 bridgehead atoms. The smallest absolute Gasteiger partial charge is 0.340 e. The fourth-order valence-electron chi connectivity index (χ4n) is 2.28. The number of nitro groups is 1. The van der Waals surface area contributed by atoms with Gasteiger partial charge in [0.1, 0.15) is 0 Å². The number of benzene rings is 1. The molecule has 0 aliphatic heterocycles. The molecule has 126 valence electrons. The largest absolute Gasteiger partial charge is 0.490 e. The number of methoxy groups -OCH3 is 3. The van der Waals surface area contributed by atoms with Crippen molar-refractivity contribution in [3.63, 3.8) is 0 Å². The Hall–Kier alpha value is -3.36. The zero-order valence-corrected chi connectivity index (χ0v) is 13.1. The number of H-pyrrole nitrogens is 1. The lowest BCUT2D eigenvalue weighted by Gasteiger charge is -2.04. The minimum Gasteiger partial charge on any atom is -0.490 e. The standard InChI is InChI=1S/C15H14N2O7/c1-22-10-6-4-8-12(14(10)17(20)21)13(15(19)24-3)9(16-8)5-7-11(18)23-2/h4-7,16H,1-3H3/b7-5+. The SMILES string of the molecule is COC(=O)/C=C/c1[nH]c2ccc(OC)c([N+](=O)[O-])c2c1C(=O)OC. The zero-order valence-electron chi connectivity index (χ0n) is 13.1. The fraction of sp³-hybridized carbons (Fsp3) is 0.200. The van der Waals surface area contributed by atoms with Crippen LogP contribution in [0, 0.1) is 10.1 Å². The first-order chi connectivity index (χ1) is 11.4. The van der Waals surface area contributed by atoms with Crippen molar-refractivity contribution in [1.82, 2.24) is 4.98 Å². The second kappa shape index (κ2) is 6.82. The van der Waals surface area contributed by atoms with Crippen LogP contribution in [0.1, 0.15) is 16.1 Å². The summed E-state index contributed by atoms with van der Waals surface area (Å²) in [6, 6.07) is 2.94. The van der Waals surface area contributed by atoms with Gasteiger partial charge in [0, 0.05) is 6.08 Å². The first kappa shape index (κ1) is 17.0. The molecule has 2 rings (SSSR count). The number of esters is 2. The van der Waals surface area contributed by atoms with Crippen LogP contribution < -0.4 is 4.74 Å². The molecule has 0 saturated carbocycles. The number of aromatic amines is 1. The average molecular weight is 334 g/mol. The number of fused-ring (bicyclic) bond motifs is 1. The highest BCUT2D eigenvalue weighted by Gasteiger charge is 2.29. The highest BCUT2D eigenvalue weighted by molar-refractivity contribution is 6.12. The Bertz CT molecular complexity index is 851. The number of nitrogens with zero attached hydrogens (tertiary/aromatic N) is 1. The number of hydrogen-bond acceptors (Lipinski definition) is 7. The van der Waals surface area contributed by atoms with Gasteiger partial charge in [-0.1, -0.05) is 0 Å². The molecule has 1 N–H and O–H groups in total. The van der Waals surface area contributed by atoms with Gasteiger partial charge in [-0.3, -0.25) is 10.1 Å². The molecule has 0 aliphatic carbocycles. The summed E-state index contributed by atoms with van der Waals surface area (Å²) in [7, 11) is 3.65. The van der Waals surface area contributed by atoms with Crippen molar-refractivity contribution in [2.45, 2.75) is 0 Å². The maximum Gasteiger partial charge on any atom is 0.340 e. The molecule has 0 saturated heterocycles. The summed E-state index contributed by atoms with van der Waals surface area (Å²) in [5, 5.41) is 11.5. The number of carbonyl (C=O) groups excluding carboxylic acids is 2. The van der Waals surface area contributed by atoms with Crippen molar-refractivity contribution in [3.05, 3.63) is 39.6 Å². The summed E-state index contributed by atoms with van der Waals surface area (Å²) in [6.07, 6.45) is 2.37. The molecule has 24 heavy (non-hydrogen) atoms. The monoisotopic (exact) mass is 334 g/mol. The van der Waals surface area contributed by atoms with Gasteiger partial charge in [0.05, 0.1) is 48.4 Å². The number of nitrogens with one attached hydrogen (secondary N) is 1. The molecule has 1 heterocycles. The first-order valence-corrected chi connectivity index (χ1v) is 6.66. The van der Waals surface area contributed by atoms with Gasteiger partial charge >= 0.3 is 17.6 Å². The topological polar surface area (TPSA) is 121 Å². The van der Waals surface area contributed by atoms with Gasteiger partial charge in [0.25, 0.3) is 0 Å². The van der Waals surface area contributed by atoms with Crippen LogP contribution in [0.25, 0.3) is 17.0 Å². The molecule has 1 aromatic heterocycles. The minimum absolute atomic E-state index is 0.000139. The molecule has 0 fully saturated rings. The normalized spacial score (nSPS) is 10.8. The summed E-state index contributed by atoms with van der Waals surface area (Å²) in [4.78, 5) is 37.1. The molecule has 0 unspecified atom stereocenters. The van der Waals surface area contributed by atoms with E-state index in [4.69, 9.17) is 9.47 Å². The van der Waals surface area contributed by atoms with Crippen molar-refractivity contribution < 1.29 is 28.7 Å². The number of ether oxygens (including phenoxy) is 3. The summed E-state index contributed by atoms with van der Waals surface area (Å²) in [5.41, 5.74) is 0.0636. The third kappa shape index (κ3) is 2.91. The van der Waals surface area contributed by atoms with Gasteiger partial charge in [-0.25, -0.2) is 9.59 Å². The predicted octanol–water partition coefficient (Wildman–Crippen LogP) is 2.06. The first-order valence-electron chi connectivity index (χ1n) is 6.66. The van der Waals surface area contributed by atoms with E-state index < -0.39 is 16.9 Å². The van der Waals surface area contributed by atoms with Crippen LogP contribution in [0.5, 0.6) is 5.75 Å². The quantitative estimate of drug-likeness (QED) is 0.384. The van der Waals surface area contributed by atoms with Crippen LogP contribution in [0.15, 0.2) is 18.2 Å². The van der Waals surface area contributed by atoms with Crippen LogP contribution in [0.3, 0.4) is 0 Å². The lowest BCUT2D eigenvalue weighted by molar-refractivity contribution is -0.383. The molecule has 0 radical (unpaired) electrons. The molecular formula is C15H14N2O7. The van der Waals surface area contributed by atoms with Crippen molar-refractivity contribution >= 4 is 34.6 Å². The number of hydrogen-bond donors (Lipinski definition) is 1. The Kier molecular flexibility index (Phi) is 4.83. The van der Waals surface area contributed by atoms with Gasteiger partial charge in [-0.15, -0.1) is 0 Å². The molecule has 0 atom stereocenters. The minimum atomic E-state index is -0.790. The molecule has 0 spiro atoms. The van der Waals surface area contributed by atoms with Crippen LogP contribution in [-0.2, 0) is 14.3 Å². The lowest BCUT2D eigenvalue weighted by Crippen LogP contribution is -2.04. The van der Waals surface area contributed by atoms with Crippen molar-refractivity contribution in [2.75, 3.05) is 21.3 Å². The van der Waals surface area contributed by atoms with Crippen LogP contribution in [0.2, 0.25) is 0 Å². The van der Waals surface area contributed by atoms with E-state index in [0.29, 0.717) is 5.52 Å². The third-order valence-corrected chi connectivity index (χ3v) is 3.31. The number of aromatic nitrogens is 1. The molecule has 9 nitrogen and oxygen atoms in total. The molecule has 1 aromatic carbocycles. The number of nitro benzene ring substituents is 1. The van der Waals surface area contributed by atoms with Gasteiger partial charge in [0.2, 0.25) is 0 Å². The fourth-order valence-corrected chi connectivity index (χ4v) is 2.28. The predicted molar refractivity (Wildman–Crippen MR) is 83.9 cm³/mol. The lowest BCUT2D eigenvalue weighted by atomic mass is 10.1. The van der Waals surface area contributed by atoms with E-state index in [9.17, 15) is 19.7 Å². The van der Waals surface area contributed by atoms with E-state index in [-0.39, 0.29) is 28.1 Å². The van der Waals surface area contributed by atoms with E-state index in [2.05, 4.69) is 9.72 Å². The van der Waals surface area contributed by atoms with E-state index in [1.165, 1.54) is 32.4 Å². The van der Waals surface area contributed by atoms with Gasteiger partial charge in [-0.05, 0) is 18.2 Å². The Balaban J connectivity index is 2.83. The molecule has 0 amide bonds. The summed E-state index contributed by atoms with van der Waals surface area (Å²) >= 11 is 0. The van der Waals surface area contributed by atoms with Crippen LogP contribution in [-0.4, -0.2) is 43.2 Å². The highest BCUT2D eigenvalue weighted by atomic mass is 16.6. The molecule has 9 heteroatoms. The van der Waals surface area contributed by atoms with E-state index >= 15 is 0 Å². The van der Waals surface area contributed by atoms with Gasteiger partial charge in [-0.2, -0.15) is 0 Å². The molecule has 0 aliphatic rings. The van der Waals surface area contributed by atoms with Crippen molar-refractivity contribution in [1.29, 1.82) is 0 Å². The number of rotatable bonds is 5. The average Bonchev–Trinajstić information content (AvgIpc) is 2.95. The van der Waals surface area contributed by atoms with Gasteiger partial charge < -0.3 is 19.2 Å². The molecule has 2 aromatic rings. The Morgan fingerprint density at radius 3 is 2.46 bits per heavy atom. The summed E-state index contributed by atoms with van der Waals surface area (Å²) in [6.45, 7) is 0. The highest BCUT2D eigenvalue weighted by Crippen LogP contribution is 2.39. The molecular weight excluding hydrogens is 320 g/mol. The van der Waals surface area contributed by atoms with E-state index in [0.717, 1.165) is 13.2 Å². The van der Waals surface area contributed by atoms with E-state index in [1.807, 2.05) is 0 Å². The Labute approximate surface area is 136 Å². The second-order valence-corrected chi connectivity index (χ2v) is 4.56. The second-order valence-electron chi connectivity index (χ2n) is 4.56. The Morgan fingerprint density at radius 2 is 1.92 bits per heavy atom. The van der Waals surface area contributed by atoms with Crippen molar-refractivity contribution in [3.8, 4) is 5.75 Å². The summed E-state index contributed by atoms with van der Waals surface area (Å²) in [5.74, 6) is -1.43. The van der Waals surface area contributed by atoms with Crippen LogP contribution in [0.4, 0.5) is 5.69 Å². The third-order valence-electron chi connectivity index (χ3n) is 3.31. The maximum atomic E-state index is 12.1. The van der Waals surface area contributed by atoms with E-state index in [1.54, 1.807) is 0 Å². The summed E-state index contributed by atoms with van der Waals surface area (Å²) < 4.78 is 14.2.